The molecule has 2 aromatic rings. The van der Waals surface area contributed by atoms with Crippen LogP contribution in [-0.2, 0) is 4.74 Å². The summed E-state index contributed by atoms with van der Waals surface area (Å²) in [6.07, 6.45) is 0. The van der Waals surface area contributed by atoms with Crippen LogP contribution < -0.4 is 10.5 Å². The first-order valence-electron chi connectivity index (χ1n) is 5.94. The van der Waals surface area contributed by atoms with E-state index in [1.807, 2.05) is 30.3 Å². The third-order valence-electron chi connectivity index (χ3n) is 2.69. The lowest BCUT2D eigenvalue weighted by atomic mass is 10.2. The summed E-state index contributed by atoms with van der Waals surface area (Å²) in [5.74, 6) is 0.252. The van der Waals surface area contributed by atoms with E-state index in [9.17, 15) is 4.79 Å². The number of carbonyl (C=O) groups is 1. The van der Waals surface area contributed by atoms with Crippen molar-refractivity contribution in [3.63, 3.8) is 0 Å². The second-order valence-electron chi connectivity index (χ2n) is 4.03. The molecule has 2 rings (SSSR count). The van der Waals surface area contributed by atoms with E-state index in [4.69, 9.17) is 15.2 Å². The first kappa shape index (κ1) is 14.3. The Bertz CT molecular complexity index is 611. The molecule has 0 unspecified atom stereocenters. The Morgan fingerprint density at radius 1 is 1.10 bits per heavy atom. The molecule has 0 radical (unpaired) electrons. The number of nitrogen functional groups attached to an aromatic ring is 1. The summed E-state index contributed by atoms with van der Waals surface area (Å²) < 4.78 is 10.0. The lowest BCUT2D eigenvalue weighted by molar-refractivity contribution is 0.0600. The molecule has 0 saturated heterocycles. The summed E-state index contributed by atoms with van der Waals surface area (Å²) >= 11 is 1.54. The Balaban J connectivity index is 2.27. The molecule has 104 valence electrons. The minimum Gasteiger partial charge on any atom is -0.496 e. The van der Waals surface area contributed by atoms with Crippen LogP contribution in [0.4, 0.5) is 5.69 Å². The molecule has 4 nitrogen and oxygen atoms in total. The number of esters is 1. The van der Waals surface area contributed by atoms with E-state index < -0.39 is 0 Å². The van der Waals surface area contributed by atoms with Crippen molar-refractivity contribution in [3.05, 3.63) is 48.0 Å². The molecule has 0 amide bonds. The van der Waals surface area contributed by atoms with Crippen LogP contribution in [0.5, 0.6) is 5.75 Å². The van der Waals surface area contributed by atoms with E-state index in [2.05, 4.69) is 0 Å². The maximum absolute atomic E-state index is 11.5. The van der Waals surface area contributed by atoms with Crippen molar-refractivity contribution >= 4 is 23.4 Å². The first-order valence-corrected chi connectivity index (χ1v) is 6.75. The molecule has 0 fully saturated rings. The van der Waals surface area contributed by atoms with Crippen LogP contribution in [0.15, 0.2) is 52.3 Å². The number of carbonyl (C=O) groups excluding carboxylic acids is 1. The number of methoxy groups -OCH3 is 2. The van der Waals surface area contributed by atoms with Gasteiger partial charge in [-0.25, -0.2) is 4.79 Å². The Kier molecular flexibility index (Phi) is 4.53. The average Bonchev–Trinajstić information content (AvgIpc) is 2.49. The van der Waals surface area contributed by atoms with Crippen LogP contribution >= 0.6 is 11.8 Å². The molecule has 0 aliphatic rings. The van der Waals surface area contributed by atoms with E-state index in [0.29, 0.717) is 11.3 Å². The first-order chi connectivity index (χ1) is 9.63. The maximum atomic E-state index is 11.5. The van der Waals surface area contributed by atoms with Crippen molar-refractivity contribution < 1.29 is 14.3 Å². The molecule has 0 spiro atoms. The van der Waals surface area contributed by atoms with Gasteiger partial charge in [-0.2, -0.15) is 0 Å². The van der Waals surface area contributed by atoms with Gasteiger partial charge in [0.05, 0.1) is 24.7 Å². The van der Waals surface area contributed by atoms with Crippen LogP contribution in [-0.4, -0.2) is 20.2 Å². The van der Waals surface area contributed by atoms with Crippen molar-refractivity contribution in [3.8, 4) is 5.75 Å². The average molecular weight is 289 g/mol. The lowest BCUT2D eigenvalue weighted by Crippen LogP contribution is -2.01. The zero-order chi connectivity index (χ0) is 14.5. The van der Waals surface area contributed by atoms with Gasteiger partial charge in [-0.1, -0.05) is 11.8 Å². The topological polar surface area (TPSA) is 61.5 Å². The minimum atomic E-state index is -0.382. The van der Waals surface area contributed by atoms with Gasteiger partial charge in [0.15, 0.2) is 0 Å². The zero-order valence-electron chi connectivity index (χ0n) is 11.3. The molecule has 0 aromatic heterocycles. The van der Waals surface area contributed by atoms with E-state index >= 15 is 0 Å². The second kappa shape index (κ2) is 6.34. The monoisotopic (exact) mass is 289 g/mol. The number of ether oxygens (including phenoxy) is 2. The Hall–Kier alpha value is -2.14. The molecule has 20 heavy (non-hydrogen) atoms. The van der Waals surface area contributed by atoms with Gasteiger partial charge in [0.2, 0.25) is 0 Å². The number of hydrogen-bond acceptors (Lipinski definition) is 5. The number of nitrogens with two attached hydrogens (primary N) is 1. The molecular weight excluding hydrogens is 274 g/mol. The summed E-state index contributed by atoms with van der Waals surface area (Å²) in [5.41, 5.74) is 6.85. The fraction of sp³-hybridized carbons (Fsp3) is 0.133. The quantitative estimate of drug-likeness (QED) is 0.691. The highest BCUT2D eigenvalue weighted by Gasteiger charge is 2.11. The van der Waals surface area contributed by atoms with Gasteiger partial charge in [-0.3, -0.25) is 0 Å². The van der Waals surface area contributed by atoms with Crippen molar-refractivity contribution in [1.29, 1.82) is 0 Å². The maximum Gasteiger partial charge on any atom is 0.337 e. The second-order valence-corrected chi connectivity index (χ2v) is 5.14. The van der Waals surface area contributed by atoms with Crippen LogP contribution in [0, 0.1) is 0 Å². The highest BCUT2D eigenvalue weighted by Crippen LogP contribution is 2.35. The molecule has 2 aromatic carbocycles. The summed E-state index contributed by atoms with van der Waals surface area (Å²) in [7, 11) is 2.93. The van der Waals surface area contributed by atoms with E-state index in [0.717, 1.165) is 15.5 Å². The normalized spacial score (nSPS) is 10.1. The zero-order valence-corrected chi connectivity index (χ0v) is 12.1. The third kappa shape index (κ3) is 3.24. The Labute approximate surface area is 121 Å². The van der Waals surface area contributed by atoms with Gasteiger partial charge in [-0.15, -0.1) is 0 Å². The Morgan fingerprint density at radius 2 is 1.80 bits per heavy atom. The van der Waals surface area contributed by atoms with E-state index in [1.165, 1.54) is 7.11 Å². The molecule has 2 N–H and O–H groups in total. The minimum absolute atomic E-state index is 0.382. The van der Waals surface area contributed by atoms with Crippen LogP contribution in [0.3, 0.4) is 0 Å². The van der Waals surface area contributed by atoms with Crippen molar-refractivity contribution in [2.24, 2.45) is 0 Å². The number of anilines is 1. The van der Waals surface area contributed by atoms with Gasteiger partial charge in [0, 0.05) is 10.6 Å². The molecule has 0 saturated carbocycles. The van der Waals surface area contributed by atoms with Gasteiger partial charge < -0.3 is 15.2 Å². The van der Waals surface area contributed by atoms with Crippen LogP contribution in [0.25, 0.3) is 0 Å². The lowest BCUT2D eigenvalue weighted by Gasteiger charge is -2.09. The number of benzene rings is 2. The molecule has 0 atom stereocenters. The summed E-state index contributed by atoms with van der Waals surface area (Å²) in [6.45, 7) is 0. The number of rotatable bonds is 4. The highest BCUT2D eigenvalue weighted by atomic mass is 32.2. The van der Waals surface area contributed by atoms with Crippen LogP contribution in [0.2, 0.25) is 0 Å². The fourth-order valence-corrected chi connectivity index (χ4v) is 2.56. The summed E-state index contributed by atoms with van der Waals surface area (Å²) in [4.78, 5) is 13.5. The molecule has 5 heteroatoms. The van der Waals surface area contributed by atoms with Gasteiger partial charge in [-0.05, 0) is 42.5 Å². The largest absolute Gasteiger partial charge is 0.496 e. The SMILES string of the molecule is COC(=O)c1ccc(Sc2ccc(N)cc2)c(OC)c1. The van der Waals surface area contributed by atoms with Gasteiger partial charge >= 0.3 is 5.97 Å². The van der Waals surface area contributed by atoms with E-state index in [1.54, 1.807) is 31.0 Å². The van der Waals surface area contributed by atoms with Gasteiger partial charge in [0.25, 0.3) is 0 Å². The predicted molar refractivity (Wildman–Crippen MR) is 79.3 cm³/mol. The summed E-state index contributed by atoms with van der Waals surface area (Å²) in [6, 6.07) is 12.8. The molecule has 0 aliphatic heterocycles. The van der Waals surface area contributed by atoms with Crippen molar-refractivity contribution in [1.82, 2.24) is 0 Å². The Morgan fingerprint density at radius 3 is 2.40 bits per heavy atom. The fourth-order valence-electron chi connectivity index (χ4n) is 1.66. The molecule has 0 heterocycles. The standard InChI is InChI=1S/C15H15NO3S/c1-18-13-9-10(15(17)19-2)3-8-14(13)20-12-6-4-11(16)5-7-12/h3-9H,16H2,1-2H3. The smallest absolute Gasteiger partial charge is 0.337 e. The van der Waals surface area contributed by atoms with E-state index in [-0.39, 0.29) is 5.97 Å². The summed E-state index contributed by atoms with van der Waals surface area (Å²) in [5, 5.41) is 0. The highest BCUT2D eigenvalue weighted by molar-refractivity contribution is 7.99. The van der Waals surface area contributed by atoms with Crippen LogP contribution in [0.1, 0.15) is 10.4 Å². The van der Waals surface area contributed by atoms with Gasteiger partial charge in [0.1, 0.15) is 5.75 Å². The number of hydrogen-bond donors (Lipinski definition) is 1. The molecular formula is C15H15NO3S. The third-order valence-corrected chi connectivity index (χ3v) is 3.76. The molecule has 0 bridgehead atoms. The predicted octanol–water partition coefficient (Wildman–Crippen LogP) is 3.22. The van der Waals surface area contributed by atoms with Crippen molar-refractivity contribution in [2.45, 2.75) is 9.79 Å². The van der Waals surface area contributed by atoms with Crippen molar-refractivity contribution in [2.75, 3.05) is 20.0 Å². The molecule has 0 aliphatic carbocycles.